The normalized spacial score (nSPS) is 14.5. The third kappa shape index (κ3) is 5.08. The molecule has 0 fully saturated rings. The Kier molecular flexibility index (Phi) is 7.59. The van der Waals surface area contributed by atoms with E-state index >= 15 is 0 Å². The van der Waals surface area contributed by atoms with Crippen LogP contribution in [0.2, 0.25) is 0 Å². The van der Waals surface area contributed by atoms with Crippen molar-refractivity contribution in [3.63, 3.8) is 0 Å². The number of hydrogen-bond acceptors (Lipinski definition) is 3. The van der Waals surface area contributed by atoms with Crippen molar-refractivity contribution in [2.24, 2.45) is 0 Å². The van der Waals surface area contributed by atoms with Crippen LogP contribution in [0.5, 0.6) is 0 Å². The van der Waals surface area contributed by atoms with Crippen LogP contribution >= 0.6 is 0 Å². The first-order valence-corrected chi connectivity index (χ1v) is 18.4. The maximum Gasteiger partial charge on any atom is 0.161 e. The minimum Gasteiger partial charge on any atom is -0.262 e. The molecule has 0 bridgehead atoms. The Morgan fingerprint density at radius 3 is 1.91 bits per heavy atom. The van der Waals surface area contributed by atoms with Crippen molar-refractivity contribution < 1.29 is 0 Å². The molecule has 2 heterocycles. The zero-order valence-corrected chi connectivity index (χ0v) is 29.8. The van der Waals surface area contributed by atoms with Gasteiger partial charge in [0, 0.05) is 28.6 Å². The van der Waals surface area contributed by atoms with Gasteiger partial charge in [0.15, 0.2) is 5.82 Å². The van der Waals surface area contributed by atoms with Gasteiger partial charge < -0.3 is 0 Å². The van der Waals surface area contributed by atoms with E-state index in [0.29, 0.717) is 5.82 Å². The van der Waals surface area contributed by atoms with E-state index in [1.807, 2.05) is 19.2 Å². The van der Waals surface area contributed by atoms with E-state index in [2.05, 4.69) is 187 Å². The molecule has 0 N–H and O–H groups in total. The standard InChI is InChI=1S/C51H35N3/c1-34-31-38(29-30-52-34)37-19-12-22-40(32-37)51(39-20-6-3-7-21-39)45-27-11-10-24-43(45)49-44(26-14-28-46(49)51)48-33-47(36-16-4-2-5-17-36)53-50(54-48)42-25-13-18-35-15-8-9-23-41(35)42/h2-33H,1H3. The maximum absolute atomic E-state index is 5.44. The first-order valence-electron chi connectivity index (χ1n) is 18.4. The number of hydrogen-bond donors (Lipinski definition) is 0. The molecule has 2 aromatic heterocycles. The largest absolute Gasteiger partial charge is 0.262 e. The van der Waals surface area contributed by atoms with Crippen molar-refractivity contribution in [1.29, 1.82) is 0 Å². The van der Waals surface area contributed by atoms with Crippen LogP contribution < -0.4 is 0 Å². The van der Waals surface area contributed by atoms with E-state index in [1.54, 1.807) is 0 Å². The van der Waals surface area contributed by atoms with Gasteiger partial charge in [0.25, 0.3) is 0 Å². The lowest BCUT2D eigenvalue weighted by atomic mass is 9.67. The number of pyridine rings is 1. The topological polar surface area (TPSA) is 38.7 Å². The summed E-state index contributed by atoms with van der Waals surface area (Å²) in [6, 6.07) is 67.5. The number of aromatic nitrogens is 3. The molecule has 10 rings (SSSR count). The van der Waals surface area contributed by atoms with E-state index in [-0.39, 0.29) is 0 Å². The van der Waals surface area contributed by atoms with E-state index in [9.17, 15) is 0 Å². The predicted octanol–water partition coefficient (Wildman–Crippen LogP) is 12.4. The number of fused-ring (bicyclic) bond motifs is 4. The monoisotopic (exact) mass is 689 g/mol. The molecular weight excluding hydrogens is 655 g/mol. The van der Waals surface area contributed by atoms with E-state index < -0.39 is 5.41 Å². The Labute approximate surface area is 315 Å². The first kappa shape index (κ1) is 31.7. The van der Waals surface area contributed by atoms with Gasteiger partial charge in [-0.25, -0.2) is 9.97 Å². The molecule has 3 heteroatoms. The zero-order valence-electron chi connectivity index (χ0n) is 29.8. The molecule has 7 aromatic carbocycles. The van der Waals surface area contributed by atoms with Gasteiger partial charge in [-0.15, -0.1) is 0 Å². The van der Waals surface area contributed by atoms with Gasteiger partial charge in [0.1, 0.15) is 0 Å². The summed E-state index contributed by atoms with van der Waals surface area (Å²) in [5.74, 6) is 0.710. The lowest BCUT2D eigenvalue weighted by Gasteiger charge is -2.34. The zero-order chi connectivity index (χ0) is 36.1. The highest BCUT2D eigenvalue weighted by Gasteiger charge is 2.47. The predicted molar refractivity (Wildman–Crippen MR) is 221 cm³/mol. The number of rotatable bonds is 6. The van der Waals surface area contributed by atoms with Crippen LogP contribution in [-0.2, 0) is 5.41 Å². The van der Waals surface area contributed by atoms with Crippen LogP contribution in [0, 0.1) is 6.92 Å². The van der Waals surface area contributed by atoms with Gasteiger partial charge in [-0.3, -0.25) is 4.98 Å². The average molecular weight is 690 g/mol. The van der Waals surface area contributed by atoms with E-state index in [4.69, 9.17) is 9.97 Å². The van der Waals surface area contributed by atoms with Crippen molar-refractivity contribution >= 4 is 10.8 Å². The summed E-state index contributed by atoms with van der Waals surface area (Å²) in [4.78, 5) is 15.2. The minimum atomic E-state index is -0.574. The number of aryl methyl sites for hydroxylation is 1. The summed E-state index contributed by atoms with van der Waals surface area (Å²) in [5.41, 5.74) is 15.0. The SMILES string of the molecule is Cc1cc(-c2cccc(C3(c4ccccc4)c4ccccc4-c4c(-c5cc(-c6ccccc6)nc(-c6cccc7ccccc67)n5)cccc43)c2)ccn1. The van der Waals surface area contributed by atoms with Crippen molar-refractivity contribution in [1.82, 2.24) is 15.0 Å². The molecule has 0 radical (unpaired) electrons. The molecule has 54 heavy (non-hydrogen) atoms. The van der Waals surface area contributed by atoms with Gasteiger partial charge in [0.05, 0.1) is 16.8 Å². The Morgan fingerprint density at radius 1 is 0.426 bits per heavy atom. The molecule has 0 amide bonds. The highest BCUT2D eigenvalue weighted by molar-refractivity contribution is 5.98. The Bertz CT molecular complexity index is 2840. The fraction of sp³-hybridized carbons (Fsp3) is 0.0392. The van der Waals surface area contributed by atoms with Crippen molar-refractivity contribution in [3.05, 3.63) is 222 Å². The third-order valence-electron chi connectivity index (χ3n) is 10.9. The maximum atomic E-state index is 5.44. The van der Waals surface area contributed by atoms with Gasteiger partial charge in [-0.1, -0.05) is 164 Å². The summed E-state index contributed by atoms with van der Waals surface area (Å²) in [7, 11) is 0. The average Bonchev–Trinajstić information content (AvgIpc) is 3.55. The second-order valence-electron chi connectivity index (χ2n) is 14.0. The summed E-state index contributed by atoms with van der Waals surface area (Å²) in [5, 5.41) is 2.30. The molecule has 0 saturated carbocycles. The van der Waals surface area contributed by atoms with Crippen LogP contribution in [0.3, 0.4) is 0 Å². The lowest BCUT2D eigenvalue weighted by Crippen LogP contribution is -2.28. The second-order valence-corrected chi connectivity index (χ2v) is 14.0. The number of nitrogens with zero attached hydrogens (tertiary/aromatic N) is 3. The second kappa shape index (κ2) is 12.9. The molecule has 254 valence electrons. The first-order chi connectivity index (χ1) is 26.7. The van der Waals surface area contributed by atoms with Crippen molar-refractivity contribution in [2.45, 2.75) is 12.3 Å². The summed E-state index contributed by atoms with van der Waals surface area (Å²) >= 11 is 0. The van der Waals surface area contributed by atoms with Crippen LogP contribution in [0.1, 0.15) is 27.9 Å². The molecule has 1 atom stereocenters. The molecule has 9 aromatic rings. The van der Waals surface area contributed by atoms with Gasteiger partial charge in [0.2, 0.25) is 0 Å². The van der Waals surface area contributed by atoms with Gasteiger partial charge in [-0.2, -0.15) is 0 Å². The van der Waals surface area contributed by atoms with Crippen molar-refractivity contribution in [2.75, 3.05) is 0 Å². The Balaban J connectivity index is 1.27. The molecule has 1 unspecified atom stereocenters. The Morgan fingerprint density at radius 2 is 1.04 bits per heavy atom. The van der Waals surface area contributed by atoms with Crippen molar-refractivity contribution in [3.8, 4) is 56.2 Å². The molecular formula is C51H35N3. The van der Waals surface area contributed by atoms with E-state index in [0.717, 1.165) is 50.1 Å². The minimum absolute atomic E-state index is 0.574. The van der Waals surface area contributed by atoms with Gasteiger partial charge in [-0.05, 0) is 86.5 Å². The quantitative estimate of drug-likeness (QED) is 0.174. The fourth-order valence-corrected chi connectivity index (χ4v) is 8.56. The third-order valence-corrected chi connectivity index (χ3v) is 10.9. The molecule has 1 aliphatic carbocycles. The highest BCUT2D eigenvalue weighted by atomic mass is 14.9. The smallest absolute Gasteiger partial charge is 0.161 e. The summed E-state index contributed by atoms with van der Waals surface area (Å²) < 4.78 is 0. The fourth-order valence-electron chi connectivity index (χ4n) is 8.56. The molecule has 0 spiro atoms. The van der Waals surface area contributed by atoms with Crippen LogP contribution in [0.15, 0.2) is 194 Å². The van der Waals surface area contributed by atoms with E-state index in [1.165, 1.54) is 38.9 Å². The van der Waals surface area contributed by atoms with Gasteiger partial charge >= 0.3 is 0 Å². The summed E-state index contributed by atoms with van der Waals surface area (Å²) in [6.07, 6.45) is 1.90. The van der Waals surface area contributed by atoms with Crippen LogP contribution in [0.4, 0.5) is 0 Å². The Hall–Kier alpha value is -6.97. The molecule has 3 nitrogen and oxygen atoms in total. The summed E-state index contributed by atoms with van der Waals surface area (Å²) in [6.45, 7) is 2.05. The van der Waals surface area contributed by atoms with Crippen LogP contribution in [0.25, 0.3) is 66.9 Å². The van der Waals surface area contributed by atoms with Crippen LogP contribution in [-0.4, -0.2) is 15.0 Å². The molecule has 0 saturated heterocycles. The molecule has 1 aliphatic rings. The highest BCUT2D eigenvalue weighted by Crippen LogP contribution is 2.58. The number of benzene rings is 7. The lowest BCUT2D eigenvalue weighted by molar-refractivity contribution is 0.769. The molecule has 0 aliphatic heterocycles.